The van der Waals surface area contributed by atoms with Crippen LogP contribution in [0.15, 0.2) is 97.1 Å². The third-order valence-electron chi connectivity index (χ3n) is 9.41. The Morgan fingerprint density at radius 1 is 0.538 bits per heavy atom. The van der Waals surface area contributed by atoms with Crippen LogP contribution >= 0.6 is 0 Å². The molecule has 0 aromatic heterocycles. The van der Waals surface area contributed by atoms with E-state index < -0.39 is 6.09 Å². The summed E-state index contributed by atoms with van der Waals surface area (Å²) in [5, 5.41) is 2.81. The van der Waals surface area contributed by atoms with Crippen molar-refractivity contribution >= 4 is 12.2 Å². The topological polar surface area (TPSA) is 105 Å². The van der Waals surface area contributed by atoms with Gasteiger partial charge in [0.2, 0.25) is 0 Å². The largest absolute Gasteiger partial charge is 0.449 e. The summed E-state index contributed by atoms with van der Waals surface area (Å²) in [7, 11) is 1.71. The molecule has 2 aliphatic rings. The maximum atomic E-state index is 12.6. The van der Waals surface area contributed by atoms with Gasteiger partial charge in [-0.1, -0.05) is 97.1 Å². The van der Waals surface area contributed by atoms with E-state index in [1.165, 1.54) is 49.4 Å². The zero-order valence-electron chi connectivity index (χ0n) is 29.8. The van der Waals surface area contributed by atoms with Crippen LogP contribution in [0.4, 0.5) is 9.59 Å². The van der Waals surface area contributed by atoms with Crippen molar-refractivity contribution in [1.82, 2.24) is 10.2 Å². The van der Waals surface area contributed by atoms with E-state index in [1.807, 2.05) is 48.5 Å². The van der Waals surface area contributed by atoms with Crippen molar-refractivity contribution in [3.05, 3.63) is 119 Å². The molecule has 4 aromatic carbocycles. The number of benzene rings is 4. The van der Waals surface area contributed by atoms with Gasteiger partial charge in [-0.05, 0) is 50.9 Å². The zero-order chi connectivity index (χ0) is 36.0. The lowest BCUT2D eigenvalue weighted by molar-refractivity contribution is -0.00360. The number of nitrogens with zero attached hydrogens (tertiary/aromatic N) is 1. The van der Waals surface area contributed by atoms with Crippen LogP contribution in [0.1, 0.15) is 40.5 Å². The third kappa shape index (κ3) is 9.57. The smallest absolute Gasteiger partial charge is 0.409 e. The Morgan fingerprint density at radius 3 is 1.38 bits per heavy atom. The van der Waals surface area contributed by atoms with Crippen molar-refractivity contribution in [3.63, 3.8) is 0 Å². The second-order valence-corrected chi connectivity index (χ2v) is 12.8. The maximum absolute atomic E-state index is 12.6. The molecule has 274 valence electrons. The number of nitrogens with one attached hydrogen (secondary N) is 1. The molecule has 52 heavy (non-hydrogen) atoms. The summed E-state index contributed by atoms with van der Waals surface area (Å²) in [6, 6.07) is 33.1. The van der Waals surface area contributed by atoms with Crippen LogP contribution in [-0.2, 0) is 28.4 Å². The first-order valence-electron chi connectivity index (χ1n) is 18.1. The molecule has 0 heterocycles. The second-order valence-electron chi connectivity index (χ2n) is 12.8. The third-order valence-corrected chi connectivity index (χ3v) is 9.41. The fourth-order valence-corrected chi connectivity index (χ4v) is 6.77. The molecular weight excluding hydrogens is 660 g/mol. The molecule has 6 rings (SSSR count). The Morgan fingerprint density at radius 2 is 0.923 bits per heavy atom. The number of hydrogen-bond donors (Lipinski definition) is 1. The van der Waals surface area contributed by atoms with Gasteiger partial charge in [-0.15, -0.1) is 0 Å². The fourth-order valence-electron chi connectivity index (χ4n) is 6.77. The van der Waals surface area contributed by atoms with Gasteiger partial charge in [0.05, 0.1) is 46.2 Å². The van der Waals surface area contributed by atoms with E-state index in [0.29, 0.717) is 85.6 Å². The van der Waals surface area contributed by atoms with Crippen LogP contribution in [0.3, 0.4) is 0 Å². The lowest BCUT2D eigenvalue weighted by atomic mass is 9.98. The first-order valence-corrected chi connectivity index (χ1v) is 18.1. The summed E-state index contributed by atoms with van der Waals surface area (Å²) in [5.74, 6) is 0.0800. The number of carbonyl (C=O) groups excluding carboxylic acids is 2. The number of likely N-dealkylation sites (N-methyl/N-ethyl adjacent to an activating group) is 1. The molecule has 0 radical (unpaired) electrons. The minimum atomic E-state index is -0.420. The first-order chi connectivity index (χ1) is 25.6. The molecule has 0 fully saturated rings. The Kier molecular flexibility index (Phi) is 13.7. The van der Waals surface area contributed by atoms with E-state index in [0.717, 1.165) is 0 Å². The van der Waals surface area contributed by atoms with Crippen molar-refractivity contribution in [2.75, 3.05) is 86.2 Å². The van der Waals surface area contributed by atoms with E-state index in [4.69, 9.17) is 28.4 Å². The fraction of sp³-hybridized carbons (Fsp3) is 0.381. The number of carbonyl (C=O) groups is 2. The Labute approximate surface area is 305 Å². The summed E-state index contributed by atoms with van der Waals surface area (Å²) in [6.07, 6.45) is -0.112. The van der Waals surface area contributed by atoms with Gasteiger partial charge in [0.25, 0.3) is 0 Å². The zero-order valence-corrected chi connectivity index (χ0v) is 29.8. The van der Waals surface area contributed by atoms with E-state index in [1.54, 1.807) is 7.05 Å². The predicted octanol–water partition coefficient (Wildman–Crippen LogP) is 6.86. The standard InChI is InChI=1S/C42H48N2O8/c1-44(42(46)52-30-40-37-17-8-4-13-33(37)34-14-5-9-18-38(34)40)20-22-48-24-26-50-28-27-49-25-23-47-21-10-19-43-41(45)51-29-39-35-15-6-2-11-31(35)32-12-3-7-16-36(32)39/h2-9,11-18,39-40H,10,19-30H2,1H3,(H,43,45). The molecule has 4 aromatic rings. The lowest BCUT2D eigenvalue weighted by Gasteiger charge is -2.19. The predicted molar refractivity (Wildman–Crippen MR) is 199 cm³/mol. The molecule has 1 N–H and O–H groups in total. The summed E-state index contributed by atoms with van der Waals surface area (Å²) < 4.78 is 33.6. The maximum Gasteiger partial charge on any atom is 0.409 e. The first kappa shape index (κ1) is 37.0. The molecule has 2 amide bonds. The lowest BCUT2D eigenvalue weighted by Crippen LogP contribution is -2.32. The van der Waals surface area contributed by atoms with Crippen molar-refractivity contribution < 1.29 is 38.0 Å². The summed E-state index contributed by atoms with van der Waals surface area (Å²) >= 11 is 0. The normalized spacial score (nSPS) is 12.9. The highest BCUT2D eigenvalue weighted by Crippen LogP contribution is 2.45. The number of amides is 2. The monoisotopic (exact) mass is 708 g/mol. The van der Waals surface area contributed by atoms with Crippen LogP contribution < -0.4 is 5.32 Å². The minimum Gasteiger partial charge on any atom is -0.449 e. The highest BCUT2D eigenvalue weighted by molar-refractivity contribution is 5.80. The van der Waals surface area contributed by atoms with Crippen molar-refractivity contribution in [1.29, 1.82) is 0 Å². The van der Waals surface area contributed by atoms with Crippen LogP contribution in [0, 0.1) is 0 Å². The van der Waals surface area contributed by atoms with Gasteiger partial charge in [-0.3, -0.25) is 0 Å². The van der Waals surface area contributed by atoms with Gasteiger partial charge in [0, 0.05) is 38.6 Å². The highest BCUT2D eigenvalue weighted by atomic mass is 16.6. The average Bonchev–Trinajstić information content (AvgIpc) is 3.68. The summed E-state index contributed by atoms with van der Waals surface area (Å²) in [4.78, 5) is 26.5. The number of alkyl carbamates (subject to hydrolysis) is 1. The Hall–Kier alpha value is -4.74. The van der Waals surface area contributed by atoms with Crippen LogP contribution in [0.5, 0.6) is 0 Å². The van der Waals surface area contributed by atoms with Crippen LogP contribution in [0.2, 0.25) is 0 Å². The van der Waals surface area contributed by atoms with Crippen molar-refractivity contribution in [2.45, 2.75) is 18.3 Å². The van der Waals surface area contributed by atoms with E-state index in [2.05, 4.69) is 53.8 Å². The van der Waals surface area contributed by atoms with Gasteiger partial charge in [-0.2, -0.15) is 0 Å². The summed E-state index contributed by atoms with van der Waals surface area (Å²) in [6.45, 7) is 5.08. The molecule has 0 aliphatic heterocycles. The molecule has 0 saturated carbocycles. The van der Waals surface area contributed by atoms with Gasteiger partial charge >= 0.3 is 12.2 Å². The number of rotatable bonds is 20. The Bertz CT molecular complexity index is 1670. The van der Waals surface area contributed by atoms with Gasteiger partial charge in [0.15, 0.2) is 0 Å². The van der Waals surface area contributed by atoms with E-state index >= 15 is 0 Å². The highest BCUT2D eigenvalue weighted by Gasteiger charge is 2.30. The molecule has 0 atom stereocenters. The minimum absolute atomic E-state index is 0.0352. The van der Waals surface area contributed by atoms with Crippen LogP contribution in [0.25, 0.3) is 22.3 Å². The molecule has 0 saturated heterocycles. The molecule has 0 spiro atoms. The average molecular weight is 709 g/mol. The number of ether oxygens (including phenoxy) is 6. The molecular formula is C42H48N2O8. The molecule has 0 unspecified atom stereocenters. The number of hydrogen-bond acceptors (Lipinski definition) is 8. The van der Waals surface area contributed by atoms with Crippen LogP contribution in [-0.4, -0.2) is 103 Å². The van der Waals surface area contributed by atoms with E-state index in [9.17, 15) is 9.59 Å². The van der Waals surface area contributed by atoms with E-state index in [-0.39, 0.29) is 17.9 Å². The SMILES string of the molecule is CN(CCOCCOCCOCCOCCCNC(=O)OCC1c2ccccc2-c2ccccc21)C(=O)OCC1c2ccccc2-c2ccccc21. The Balaban J connectivity index is 0.714. The molecule has 2 aliphatic carbocycles. The molecule has 10 heteroatoms. The molecule has 10 nitrogen and oxygen atoms in total. The van der Waals surface area contributed by atoms with Gasteiger partial charge in [0.1, 0.15) is 13.2 Å². The van der Waals surface area contributed by atoms with Crippen molar-refractivity contribution in [3.8, 4) is 22.3 Å². The summed E-state index contributed by atoms with van der Waals surface area (Å²) in [5.41, 5.74) is 9.59. The van der Waals surface area contributed by atoms with Gasteiger partial charge < -0.3 is 38.6 Å². The van der Waals surface area contributed by atoms with Crippen molar-refractivity contribution in [2.24, 2.45) is 0 Å². The number of fused-ring (bicyclic) bond motifs is 6. The van der Waals surface area contributed by atoms with Gasteiger partial charge in [-0.25, -0.2) is 9.59 Å². The quantitative estimate of drug-likeness (QED) is 0.0994. The second kappa shape index (κ2) is 19.2. The molecule has 0 bridgehead atoms.